The maximum atomic E-state index is 14.2. The highest BCUT2D eigenvalue weighted by Gasteiger charge is 2.35. The molecule has 0 bridgehead atoms. The lowest BCUT2D eigenvalue weighted by molar-refractivity contribution is -0.140. The Balaban J connectivity index is 1.73. The summed E-state index contributed by atoms with van der Waals surface area (Å²) in [6, 6.07) is 18.6. The van der Waals surface area contributed by atoms with E-state index in [9.17, 15) is 18.0 Å². The van der Waals surface area contributed by atoms with Crippen molar-refractivity contribution in [2.45, 2.75) is 62.6 Å². The molecule has 4 rings (SSSR count). The largest absolute Gasteiger partial charge is 0.497 e. The summed E-state index contributed by atoms with van der Waals surface area (Å²) in [6.45, 7) is 1.32. The molecule has 1 aliphatic carbocycles. The van der Waals surface area contributed by atoms with Crippen molar-refractivity contribution in [2.24, 2.45) is 0 Å². The average molecular weight is 633 g/mol. The third-order valence-corrected chi connectivity index (χ3v) is 9.72. The highest BCUT2D eigenvalue weighted by molar-refractivity contribution is 7.92. The lowest BCUT2D eigenvalue weighted by Crippen LogP contribution is -2.53. The number of rotatable bonds is 12. The molecule has 3 aromatic carbocycles. The van der Waals surface area contributed by atoms with Gasteiger partial charge in [0, 0.05) is 17.6 Å². The van der Waals surface area contributed by atoms with Crippen LogP contribution in [0.4, 0.5) is 5.69 Å². The lowest BCUT2D eigenvalue weighted by Gasteiger charge is -2.34. The number of halogens is 2. The van der Waals surface area contributed by atoms with Gasteiger partial charge in [0.05, 0.1) is 22.7 Å². The summed E-state index contributed by atoms with van der Waals surface area (Å²) in [5, 5.41) is 3.47. The van der Waals surface area contributed by atoms with E-state index < -0.39 is 28.5 Å². The normalized spacial score (nSPS) is 14.3. The Morgan fingerprint density at radius 2 is 1.67 bits per heavy atom. The smallest absolute Gasteiger partial charge is 0.264 e. The molecule has 2 amide bonds. The van der Waals surface area contributed by atoms with Gasteiger partial charge in [0.1, 0.15) is 18.3 Å². The SMILES string of the molecule is CCC(C(=O)NC1CCCC1)N(Cc1ccc(OC)cc1)C(=O)CN(c1cc(Cl)ccc1Cl)S(=O)(=O)c1ccccc1. The highest BCUT2D eigenvalue weighted by Crippen LogP contribution is 2.33. The molecular weight excluding hydrogens is 597 g/mol. The second-order valence-electron chi connectivity index (χ2n) is 10.2. The molecule has 0 aliphatic heterocycles. The summed E-state index contributed by atoms with van der Waals surface area (Å²) < 4.78 is 34.1. The van der Waals surface area contributed by atoms with Gasteiger partial charge in [0.15, 0.2) is 0 Å². The van der Waals surface area contributed by atoms with Crippen LogP contribution < -0.4 is 14.4 Å². The third kappa shape index (κ3) is 7.56. The number of hydrogen-bond acceptors (Lipinski definition) is 5. The standard InChI is InChI=1S/C31H35Cl2N3O5S/c1-3-28(31(38)34-24-9-7-8-10-24)35(20-22-13-16-25(41-2)17-14-22)30(37)21-36(29-19-23(32)15-18-27(29)33)42(39,40)26-11-5-4-6-12-26/h4-6,11-19,24,28H,3,7-10,20-21H2,1-2H3,(H,34,38). The van der Waals surface area contributed by atoms with E-state index >= 15 is 0 Å². The molecule has 1 saturated carbocycles. The molecule has 0 heterocycles. The molecule has 0 aromatic heterocycles. The van der Waals surface area contributed by atoms with Crippen LogP contribution in [0.25, 0.3) is 0 Å². The second-order valence-corrected chi connectivity index (χ2v) is 12.9. The topological polar surface area (TPSA) is 96.0 Å². The molecule has 0 saturated heterocycles. The summed E-state index contributed by atoms with van der Waals surface area (Å²) in [4.78, 5) is 29.2. The number of amides is 2. The van der Waals surface area contributed by atoms with Crippen molar-refractivity contribution in [3.63, 3.8) is 0 Å². The van der Waals surface area contributed by atoms with Crippen molar-refractivity contribution in [1.82, 2.24) is 10.2 Å². The first-order chi connectivity index (χ1) is 20.1. The van der Waals surface area contributed by atoms with E-state index in [1.165, 1.54) is 29.2 Å². The van der Waals surface area contributed by atoms with Crippen LogP contribution in [0.1, 0.15) is 44.6 Å². The summed E-state index contributed by atoms with van der Waals surface area (Å²) in [5.74, 6) is -0.169. The van der Waals surface area contributed by atoms with Crippen LogP contribution in [0.3, 0.4) is 0 Å². The van der Waals surface area contributed by atoms with Gasteiger partial charge in [0.25, 0.3) is 10.0 Å². The Morgan fingerprint density at radius 3 is 2.29 bits per heavy atom. The summed E-state index contributed by atoms with van der Waals surface area (Å²) in [6.07, 6.45) is 4.21. The first-order valence-corrected chi connectivity index (χ1v) is 16.1. The number of methoxy groups -OCH3 is 1. The highest BCUT2D eigenvalue weighted by atomic mass is 35.5. The number of nitrogens with zero attached hydrogens (tertiary/aromatic N) is 2. The maximum Gasteiger partial charge on any atom is 0.264 e. The van der Waals surface area contributed by atoms with Crippen LogP contribution in [-0.4, -0.2) is 50.9 Å². The van der Waals surface area contributed by atoms with Crippen molar-refractivity contribution in [2.75, 3.05) is 18.0 Å². The minimum absolute atomic E-state index is 0.0124. The molecule has 1 N–H and O–H groups in total. The minimum Gasteiger partial charge on any atom is -0.497 e. The van der Waals surface area contributed by atoms with E-state index in [1.54, 1.807) is 43.5 Å². The van der Waals surface area contributed by atoms with Crippen LogP contribution in [0.2, 0.25) is 10.0 Å². The summed E-state index contributed by atoms with van der Waals surface area (Å²) >= 11 is 12.7. The molecule has 0 spiro atoms. The Hall–Kier alpha value is -3.27. The molecule has 1 fully saturated rings. The fraction of sp³-hybridized carbons (Fsp3) is 0.355. The monoisotopic (exact) mass is 631 g/mol. The van der Waals surface area contributed by atoms with Gasteiger partial charge >= 0.3 is 0 Å². The second kappa shape index (κ2) is 14.3. The summed E-state index contributed by atoms with van der Waals surface area (Å²) in [5.41, 5.74) is 0.823. The average Bonchev–Trinajstić information content (AvgIpc) is 3.50. The third-order valence-electron chi connectivity index (χ3n) is 7.39. The Morgan fingerprint density at radius 1 is 1.00 bits per heavy atom. The van der Waals surface area contributed by atoms with Crippen molar-refractivity contribution in [3.05, 3.63) is 88.4 Å². The number of anilines is 1. The van der Waals surface area contributed by atoms with Crippen LogP contribution in [0.15, 0.2) is 77.7 Å². The van der Waals surface area contributed by atoms with Crippen LogP contribution in [-0.2, 0) is 26.2 Å². The molecular formula is C31H35Cl2N3O5S. The number of benzene rings is 3. The van der Waals surface area contributed by atoms with E-state index in [-0.39, 0.29) is 39.1 Å². The molecule has 42 heavy (non-hydrogen) atoms. The van der Waals surface area contributed by atoms with Crippen molar-refractivity contribution in [3.8, 4) is 5.75 Å². The molecule has 8 nitrogen and oxygen atoms in total. The Labute approximate surface area is 257 Å². The van der Waals surface area contributed by atoms with Crippen LogP contribution >= 0.6 is 23.2 Å². The summed E-state index contributed by atoms with van der Waals surface area (Å²) in [7, 11) is -2.69. The molecule has 3 aromatic rings. The molecule has 0 radical (unpaired) electrons. The number of carbonyl (C=O) groups excluding carboxylic acids is 2. The van der Waals surface area contributed by atoms with Gasteiger partial charge in [-0.3, -0.25) is 13.9 Å². The first kappa shape index (κ1) is 31.7. The van der Waals surface area contributed by atoms with Gasteiger partial charge in [0.2, 0.25) is 11.8 Å². The van der Waals surface area contributed by atoms with Gasteiger partial charge in [-0.05, 0) is 67.3 Å². The molecule has 1 atom stereocenters. The predicted octanol–water partition coefficient (Wildman–Crippen LogP) is 6.06. The Bertz CT molecular complexity index is 1480. The van der Waals surface area contributed by atoms with Crippen LogP contribution in [0.5, 0.6) is 5.75 Å². The Kier molecular flexibility index (Phi) is 10.8. The van der Waals surface area contributed by atoms with Crippen molar-refractivity contribution in [1.29, 1.82) is 0 Å². The zero-order valence-corrected chi connectivity index (χ0v) is 26.0. The molecule has 11 heteroatoms. The fourth-order valence-corrected chi connectivity index (χ4v) is 7.01. The van der Waals surface area contributed by atoms with E-state index in [2.05, 4.69) is 5.32 Å². The minimum atomic E-state index is -4.25. The quantitative estimate of drug-likeness (QED) is 0.262. The van der Waals surface area contributed by atoms with Gasteiger partial charge in [-0.15, -0.1) is 0 Å². The van der Waals surface area contributed by atoms with E-state index in [0.29, 0.717) is 12.2 Å². The van der Waals surface area contributed by atoms with Crippen molar-refractivity contribution < 1.29 is 22.7 Å². The first-order valence-electron chi connectivity index (χ1n) is 13.9. The van der Waals surface area contributed by atoms with Gasteiger partial charge < -0.3 is 15.0 Å². The fourth-order valence-electron chi connectivity index (χ4n) is 5.12. The number of nitrogens with one attached hydrogen (secondary N) is 1. The van der Waals surface area contributed by atoms with Gasteiger partial charge in [-0.2, -0.15) is 0 Å². The van der Waals surface area contributed by atoms with Crippen LogP contribution in [0, 0.1) is 0 Å². The van der Waals surface area contributed by atoms with Gasteiger partial charge in [-0.25, -0.2) is 8.42 Å². The lowest BCUT2D eigenvalue weighted by atomic mass is 10.1. The van der Waals surface area contributed by atoms with E-state index in [0.717, 1.165) is 35.6 Å². The number of ether oxygens (including phenoxy) is 1. The van der Waals surface area contributed by atoms with Crippen molar-refractivity contribution >= 4 is 50.7 Å². The molecule has 1 unspecified atom stereocenters. The predicted molar refractivity (Wildman–Crippen MR) is 165 cm³/mol. The van der Waals surface area contributed by atoms with E-state index in [4.69, 9.17) is 27.9 Å². The number of sulfonamides is 1. The maximum absolute atomic E-state index is 14.2. The number of carbonyl (C=O) groups is 2. The molecule has 1 aliphatic rings. The molecule has 224 valence electrons. The zero-order chi connectivity index (χ0) is 30.3. The number of hydrogen-bond donors (Lipinski definition) is 1. The van der Waals surface area contributed by atoms with E-state index in [1.807, 2.05) is 19.1 Å². The van der Waals surface area contributed by atoms with Gasteiger partial charge in [-0.1, -0.05) is 73.3 Å². The zero-order valence-electron chi connectivity index (χ0n) is 23.6.